The van der Waals surface area contributed by atoms with E-state index < -0.39 is 0 Å². The lowest BCUT2D eigenvalue weighted by Crippen LogP contribution is -2.13. The third-order valence-electron chi connectivity index (χ3n) is 3.63. The van der Waals surface area contributed by atoms with Crippen molar-refractivity contribution in [2.45, 2.75) is 30.9 Å². The van der Waals surface area contributed by atoms with E-state index in [9.17, 15) is 0 Å². The van der Waals surface area contributed by atoms with Crippen molar-refractivity contribution in [3.05, 3.63) is 29.6 Å². The number of aromatic nitrogens is 2. The quantitative estimate of drug-likeness (QED) is 0.787. The zero-order valence-electron chi connectivity index (χ0n) is 9.48. The highest BCUT2D eigenvalue weighted by Crippen LogP contribution is 2.36. The molecule has 0 saturated heterocycles. The first kappa shape index (κ1) is 10.2. The van der Waals surface area contributed by atoms with Crippen LogP contribution in [0, 0.1) is 0 Å². The predicted octanol–water partition coefficient (Wildman–Crippen LogP) is 3.27. The van der Waals surface area contributed by atoms with Gasteiger partial charge in [0.2, 0.25) is 0 Å². The Balaban J connectivity index is 2.13. The second-order valence-electron chi connectivity index (χ2n) is 4.64. The van der Waals surface area contributed by atoms with Crippen molar-refractivity contribution in [2.24, 2.45) is 7.05 Å². The molecule has 3 rings (SSSR count). The summed E-state index contributed by atoms with van der Waals surface area (Å²) >= 11 is 4.30. The molecule has 1 aliphatic rings. The molecule has 1 aliphatic carbocycles. The number of aryl methyl sites for hydroxylation is 1. The van der Waals surface area contributed by atoms with Crippen molar-refractivity contribution in [1.29, 1.82) is 0 Å². The summed E-state index contributed by atoms with van der Waals surface area (Å²) in [7, 11) is 2.13. The fraction of sp³-hybridized carbons (Fsp3) is 0.462. The second kappa shape index (κ2) is 3.81. The predicted molar refractivity (Wildman–Crippen MR) is 70.0 cm³/mol. The maximum absolute atomic E-state index is 4.77. The monoisotopic (exact) mass is 232 g/mol. The molecule has 0 unspecified atom stereocenters. The van der Waals surface area contributed by atoms with Crippen molar-refractivity contribution >= 4 is 23.7 Å². The molecule has 0 atom stereocenters. The first-order valence-electron chi connectivity index (χ1n) is 5.85. The van der Waals surface area contributed by atoms with Crippen LogP contribution in [-0.2, 0) is 12.8 Å². The summed E-state index contributed by atoms with van der Waals surface area (Å²) in [5.41, 5.74) is 3.61. The Morgan fingerprint density at radius 3 is 2.88 bits per heavy atom. The van der Waals surface area contributed by atoms with Crippen LogP contribution in [-0.4, -0.2) is 9.55 Å². The van der Waals surface area contributed by atoms with Crippen LogP contribution in [0.15, 0.2) is 18.2 Å². The smallest absolute Gasteiger partial charge is 0.112 e. The first-order valence-corrected chi connectivity index (χ1v) is 6.49. The SMILES string of the molecule is Cn1c(C2CCC2)nc2cc(CS)ccc21. The molecule has 0 amide bonds. The molecule has 1 heterocycles. The number of benzene rings is 1. The van der Waals surface area contributed by atoms with Gasteiger partial charge in [0, 0.05) is 18.7 Å². The van der Waals surface area contributed by atoms with E-state index >= 15 is 0 Å². The Morgan fingerprint density at radius 1 is 1.44 bits per heavy atom. The lowest BCUT2D eigenvalue weighted by Gasteiger charge is -2.24. The summed E-state index contributed by atoms with van der Waals surface area (Å²) in [6.07, 6.45) is 3.96. The average molecular weight is 232 g/mol. The Hall–Kier alpha value is -0.960. The Morgan fingerprint density at radius 2 is 2.25 bits per heavy atom. The average Bonchev–Trinajstić information content (AvgIpc) is 2.54. The third kappa shape index (κ3) is 1.46. The van der Waals surface area contributed by atoms with Crippen LogP contribution in [0.3, 0.4) is 0 Å². The molecule has 84 valence electrons. The summed E-state index contributed by atoms with van der Waals surface area (Å²) < 4.78 is 2.25. The first-order chi connectivity index (χ1) is 7.79. The van der Waals surface area contributed by atoms with Gasteiger partial charge in [-0.25, -0.2) is 4.98 Å². The molecule has 2 nitrogen and oxygen atoms in total. The van der Waals surface area contributed by atoms with E-state index in [1.807, 2.05) is 0 Å². The van der Waals surface area contributed by atoms with Gasteiger partial charge in [-0.1, -0.05) is 12.5 Å². The van der Waals surface area contributed by atoms with Crippen LogP contribution < -0.4 is 0 Å². The largest absolute Gasteiger partial charge is 0.331 e. The molecule has 1 aromatic carbocycles. The molecule has 1 fully saturated rings. The standard InChI is InChI=1S/C13H16N2S/c1-15-12-6-5-9(8-16)7-11(12)14-13(15)10-3-2-4-10/h5-7,10,16H,2-4,8H2,1H3. The van der Waals surface area contributed by atoms with Crippen molar-refractivity contribution in [2.75, 3.05) is 0 Å². The number of imidazole rings is 1. The Bertz CT molecular complexity index is 526. The van der Waals surface area contributed by atoms with Crippen LogP contribution in [0.25, 0.3) is 11.0 Å². The van der Waals surface area contributed by atoms with Crippen molar-refractivity contribution in [3.8, 4) is 0 Å². The highest BCUT2D eigenvalue weighted by molar-refractivity contribution is 7.79. The van der Waals surface area contributed by atoms with Gasteiger partial charge in [-0.3, -0.25) is 0 Å². The lowest BCUT2D eigenvalue weighted by atomic mass is 9.85. The number of nitrogens with zero attached hydrogens (tertiary/aromatic N) is 2. The molecule has 0 spiro atoms. The minimum atomic E-state index is 0.692. The van der Waals surface area contributed by atoms with Gasteiger partial charge >= 0.3 is 0 Å². The van der Waals surface area contributed by atoms with Crippen molar-refractivity contribution in [1.82, 2.24) is 9.55 Å². The molecule has 3 heteroatoms. The molecule has 0 radical (unpaired) electrons. The summed E-state index contributed by atoms with van der Waals surface area (Å²) in [5, 5.41) is 0. The van der Waals surface area contributed by atoms with Crippen LogP contribution in [0.5, 0.6) is 0 Å². The van der Waals surface area contributed by atoms with Gasteiger partial charge in [-0.15, -0.1) is 0 Å². The summed E-state index contributed by atoms with van der Waals surface area (Å²) in [4.78, 5) is 4.77. The molecule has 1 aromatic heterocycles. The third-order valence-corrected chi connectivity index (χ3v) is 4.00. The van der Waals surface area contributed by atoms with E-state index in [1.165, 1.54) is 36.2 Å². The minimum Gasteiger partial charge on any atom is -0.331 e. The summed E-state index contributed by atoms with van der Waals surface area (Å²) in [5.74, 6) is 2.74. The molecular weight excluding hydrogens is 216 g/mol. The van der Waals surface area contributed by atoms with E-state index in [0.29, 0.717) is 5.92 Å². The maximum atomic E-state index is 4.77. The van der Waals surface area contributed by atoms with Gasteiger partial charge in [0.1, 0.15) is 5.82 Å². The second-order valence-corrected chi connectivity index (χ2v) is 4.95. The van der Waals surface area contributed by atoms with Crippen LogP contribution in [0.1, 0.15) is 36.6 Å². The van der Waals surface area contributed by atoms with Gasteiger partial charge in [-0.05, 0) is 30.5 Å². The molecule has 1 saturated carbocycles. The molecule has 2 aromatic rings. The molecule has 16 heavy (non-hydrogen) atoms. The fourth-order valence-corrected chi connectivity index (χ4v) is 2.59. The highest BCUT2D eigenvalue weighted by Gasteiger charge is 2.24. The number of hydrogen-bond donors (Lipinski definition) is 1. The minimum absolute atomic E-state index is 0.692. The van der Waals surface area contributed by atoms with Gasteiger partial charge in [0.15, 0.2) is 0 Å². The number of hydrogen-bond acceptors (Lipinski definition) is 2. The van der Waals surface area contributed by atoms with Crippen LogP contribution in [0.4, 0.5) is 0 Å². The van der Waals surface area contributed by atoms with Crippen molar-refractivity contribution < 1.29 is 0 Å². The van der Waals surface area contributed by atoms with Gasteiger partial charge in [0.05, 0.1) is 11.0 Å². The van der Waals surface area contributed by atoms with Gasteiger partial charge in [-0.2, -0.15) is 12.6 Å². The Kier molecular flexibility index (Phi) is 2.43. The number of fused-ring (bicyclic) bond motifs is 1. The molecule has 0 N–H and O–H groups in total. The Labute approximate surface area is 101 Å². The summed E-state index contributed by atoms with van der Waals surface area (Å²) in [6, 6.07) is 6.46. The molecule has 0 aliphatic heterocycles. The lowest BCUT2D eigenvalue weighted by molar-refractivity contribution is 0.395. The summed E-state index contributed by atoms with van der Waals surface area (Å²) in [6.45, 7) is 0. The zero-order chi connectivity index (χ0) is 11.1. The highest BCUT2D eigenvalue weighted by atomic mass is 32.1. The van der Waals surface area contributed by atoms with E-state index in [2.05, 4.69) is 42.4 Å². The van der Waals surface area contributed by atoms with E-state index in [0.717, 1.165) is 11.3 Å². The number of thiol groups is 1. The maximum Gasteiger partial charge on any atom is 0.112 e. The van der Waals surface area contributed by atoms with Gasteiger partial charge in [0.25, 0.3) is 0 Å². The van der Waals surface area contributed by atoms with E-state index in [4.69, 9.17) is 4.98 Å². The van der Waals surface area contributed by atoms with Crippen LogP contribution >= 0.6 is 12.6 Å². The molecular formula is C13H16N2S. The molecule has 0 bridgehead atoms. The van der Waals surface area contributed by atoms with Gasteiger partial charge < -0.3 is 4.57 Å². The van der Waals surface area contributed by atoms with E-state index in [1.54, 1.807) is 0 Å². The zero-order valence-corrected chi connectivity index (χ0v) is 10.4. The topological polar surface area (TPSA) is 17.8 Å². The normalized spacial score (nSPS) is 16.6. The fourth-order valence-electron chi connectivity index (χ4n) is 2.39. The number of rotatable bonds is 2. The van der Waals surface area contributed by atoms with Crippen molar-refractivity contribution in [3.63, 3.8) is 0 Å². The van der Waals surface area contributed by atoms with E-state index in [-0.39, 0.29) is 0 Å². The van der Waals surface area contributed by atoms with Crippen LogP contribution in [0.2, 0.25) is 0 Å².